The van der Waals surface area contributed by atoms with Crippen LogP contribution in [0.15, 0.2) is 71.7 Å². The molecule has 0 atom stereocenters. The Bertz CT molecular complexity index is 923. The summed E-state index contributed by atoms with van der Waals surface area (Å²) in [5.41, 5.74) is 3.71. The number of nitrogens with one attached hydrogen (secondary N) is 1. The molecular weight excluding hydrogens is 368 g/mol. The quantitative estimate of drug-likeness (QED) is 0.626. The molecule has 1 aliphatic rings. The maximum Gasteiger partial charge on any atom is 0.285 e. The number of benzene rings is 2. The lowest BCUT2D eigenvalue weighted by Crippen LogP contribution is -2.44. The number of phenols is 1. The maximum absolute atomic E-state index is 12.4. The fraction of sp³-hybridized carbons (Fsp3) is 0. The van der Waals surface area contributed by atoms with E-state index in [1.165, 1.54) is 18.2 Å². The molecule has 2 aromatic carbocycles. The second-order valence-electron chi connectivity index (χ2n) is 5.30. The Hall–Kier alpha value is -2.90. The minimum absolute atomic E-state index is 0.0333. The normalized spacial score (nSPS) is 15.8. The van der Waals surface area contributed by atoms with Crippen LogP contribution in [0.4, 0.5) is 0 Å². The van der Waals surface area contributed by atoms with Gasteiger partial charge >= 0.3 is 0 Å². The fourth-order valence-corrected chi connectivity index (χ4v) is 3.33. The molecule has 0 aromatic heterocycles. The van der Waals surface area contributed by atoms with Crippen LogP contribution < -0.4 is 5.43 Å². The van der Waals surface area contributed by atoms with Crippen LogP contribution in [-0.4, -0.2) is 26.3 Å². The van der Waals surface area contributed by atoms with Crippen LogP contribution in [0.5, 0.6) is 5.75 Å². The number of hydrogen-bond donors (Lipinski definition) is 2. The number of nitrogens with zero attached hydrogens (tertiary/aromatic N) is 1. The van der Waals surface area contributed by atoms with Crippen molar-refractivity contribution in [2.75, 3.05) is 0 Å². The SMILES string of the molecule is O=C(NN1C(=O)/C(=C/C=C\c2ccccc2)SC1=S)c1cccc(O)c1. The molecule has 2 amide bonds. The first-order valence-electron chi connectivity index (χ1n) is 7.64. The van der Waals surface area contributed by atoms with Gasteiger partial charge in [0.2, 0.25) is 0 Å². The smallest absolute Gasteiger partial charge is 0.285 e. The molecule has 1 saturated heterocycles. The Labute approximate surface area is 160 Å². The van der Waals surface area contributed by atoms with Crippen molar-refractivity contribution in [1.82, 2.24) is 10.4 Å². The number of allylic oxidation sites excluding steroid dienone is 2. The van der Waals surface area contributed by atoms with Crippen molar-refractivity contribution < 1.29 is 14.7 Å². The molecule has 2 aromatic rings. The Morgan fingerprint density at radius 2 is 1.92 bits per heavy atom. The monoisotopic (exact) mass is 382 g/mol. The molecule has 0 saturated carbocycles. The molecule has 0 aliphatic carbocycles. The van der Waals surface area contributed by atoms with Crippen molar-refractivity contribution in [2.45, 2.75) is 0 Å². The second kappa shape index (κ2) is 7.99. The third kappa shape index (κ3) is 4.19. The van der Waals surface area contributed by atoms with Crippen LogP contribution in [0.3, 0.4) is 0 Å². The summed E-state index contributed by atoms with van der Waals surface area (Å²) in [6.07, 6.45) is 5.30. The summed E-state index contributed by atoms with van der Waals surface area (Å²) in [6, 6.07) is 15.5. The van der Waals surface area contributed by atoms with Gasteiger partial charge in [0.1, 0.15) is 5.75 Å². The number of hydrazine groups is 1. The van der Waals surface area contributed by atoms with Gasteiger partial charge in [0.15, 0.2) is 4.32 Å². The van der Waals surface area contributed by atoms with Crippen molar-refractivity contribution >= 4 is 46.2 Å². The van der Waals surface area contributed by atoms with E-state index in [1.54, 1.807) is 18.2 Å². The predicted molar refractivity (Wildman–Crippen MR) is 106 cm³/mol. The first kappa shape index (κ1) is 17.9. The van der Waals surface area contributed by atoms with Crippen LogP contribution in [0, 0.1) is 0 Å². The van der Waals surface area contributed by atoms with E-state index in [1.807, 2.05) is 36.4 Å². The third-order valence-electron chi connectivity index (χ3n) is 3.45. The number of hydrogen-bond acceptors (Lipinski definition) is 5. The molecule has 0 spiro atoms. The highest BCUT2D eigenvalue weighted by Gasteiger charge is 2.33. The number of amides is 2. The summed E-state index contributed by atoms with van der Waals surface area (Å²) in [4.78, 5) is 25.1. The van der Waals surface area contributed by atoms with Gasteiger partial charge in [-0.15, -0.1) is 0 Å². The minimum atomic E-state index is -0.529. The topological polar surface area (TPSA) is 69.6 Å². The molecule has 0 radical (unpaired) electrons. The lowest BCUT2D eigenvalue weighted by Gasteiger charge is -2.15. The summed E-state index contributed by atoms with van der Waals surface area (Å²) in [6.45, 7) is 0. The Morgan fingerprint density at radius 3 is 2.65 bits per heavy atom. The zero-order chi connectivity index (χ0) is 18.5. The van der Waals surface area contributed by atoms with E-state index in [0.29, 0.717) is 4.91 Å². The van der Waals surface area contributed by atoms with E-state index < -0.39 is 11.8 Å². The van der Waals surface area contributed by atoms with E-state index in [9.17, 15) is 14.7 Å². The molecule has 7 heteroatoms. The lowest BCUT2D eigenvalue weighted by atomic mass is 10.2. The van der Waals surface area contributed by atoms with Crippen LogP contribution in [0.2, 0.25) is 0 Å². The number of phenolic OH excluding ortho intramolecular Hbond substituents is 1. The molecular formula is C19H14N2O3S2. The highest BCUT2D eigenvalue weighted by molar-refractivity contribution is 8.26. The van der Waals surface area contributed by atoms with Gasteiger partial charge in [-0.2, -0.15) is 5.01 Å². The van der Waals surface area contributed by atoms with Gasteiger partial charge in [-0.05, 0) is 42.1 Å². The van der Waals surface area contributed by atoms with Gasteiger partial charge in [0, 0.05) is 5.56 Å². The zero-order valence-electron chi connectivity index (χ0n) is 13.5. The number of thioether (sulfide) groups is 1. The van der Waals surface area contributed by atoms with E-state index in [4.69, 9.17) is 12.2 Å². The number of thiocarbonyl (C=S) groups is 1. The maximum atomic E-state index is 12.4. The van der Waals surface area contributed by atoms with Gasteiger partial charge in [0.05, 0.1) is 4.91 Å². The van der Waals surface area contributed by atoms with E-state index in [-0.39, 0.29) is 15.6 Å². The standard InChI is InChI=1S/C19H14N2O3S2/c22-15-10-5-9-14(12-15)17(23)20-21-18(24)16(26-19(21)25)11-4-8-13-6-2-1-3-7-13/h1-12,22H,(H,20,23)/b8-4-,16-11-. The van der Waals surface area contributed by atoms with Crippen molar-refractivity contribution in [3.63, 3.8) is 0 Å². The van der Waals surface area contributed by atoms with Crippen LogP contribution in [0.1, 0.15) is 15.9 Å². The van der Waals surface area contributed by atoms with Crippen molar-refractivity contribution in [3.05, 3.63) is 82.8 Å². The first-order chi connectivity index (χ1) is 12.5. The lowest BCUT2D eigenvalue weighted by molar-refractivity contribution is -0.123. The molecule has 26 heavy (non-hydrogen) atoms. The average Bonchev–Trinajstić information content (AvgIpc) is 2.90. The second-order valence-corrected chi connectivity index (χ2v) is 6.98. The van der Waals surface area contributed by atoms with Gasteiger partial charge in [-0.1, -0.05) is 60.3 Å². The molecule has 3 rings (SSSR count). The highest BCUT2D eigenvalue weighted by Crippen LogP contribution is 2.29. The Kier molecular flexibility index (Phi) is 5.50. The molecule has 5 nitrogen and oxygen atoms in total. The molecule has 0 bridgehead atoms. The van der Waals surface area contributed by atoms with Gasteiger partial charge in [0.25, 0.3) is 11.8 Å². The van der Waals surface area contributed by atoms with E-state index >= 15 is 0 Å². The summed E-state index contributed by atoms with van der Waals surface area (Å²) in [7, 11) is 0. The molecule has 1 heterocycles. The third-order valence-corrected chi connectivity index (χ3v) is 4.77. The van der Waals surface area contributed by atoms with E-state index in [0.717, 1.165) is 22.3 Å². The van der Waals surface area contributed by atoms with Gasteiger partial charge in [-0.3, -0.25) is 15.0 Å². The van der Waals surface area contributed by atoms with E-state index in [2.05, 4.69) is 5.43 Å². The molecule has 0 unspecified atom stereocenters. The van der Waals surface area contributed by atoms with Crippen molar-refractivity contribution in [3.8, 4) is 5.75 Å². The average molecular weight is 382 g/mol. The molecule has 130 valence electrons. The molecule has 1 aliphatic heterocycles. The Morgan fingerprint density at radius 1 is 1.15 bits per heavy atom. The number of aromatic hydroxyl groups is 1. The van der Waals surface area contributed by atoms with Crippen LogP contribution >= 0.6 is 24.0 Å². The first-order valence-corrected chi connectivity index (χ1v) is 8.87. The minimum Gasteiger partial charge on any atom is -0.508 e. The zero-order valence-corrected chi connectivity index (χ0v) is 15.1. The summed E-state index contributed by atoms with van der Waals surface area (Å²) < 4.78 is 0.239. The van der Waals surface area contributed by atoms with Crippen molar-refractivity contribution in [2.24, 2.45) is 0 Å². The summed E-state index contributed by atoms with van der Waals surface area (Å²) in [5, 5.41) is 10.5. The summed E-state index contributed by atoms with van der Waals surface area (Å²) in [5.74, 6) is -0.960. The number of carbonyl (C=O) groups excluding carboxylic acids is 2. The largest absolute Gasteiger partial charge is 0.508 e. The van der Waals surface area contributed by atoms with Gasteiger partial charge in [-0.25, -0.2) is 0 Å². The molecule has 2 N–H and O–H groups in total. The Balaban J connectivity index is 1.69. The molecule has 1 fully saturated rings. The number of carbonyl (C=O) groups is 2. The van der Waals surface area contributed by atoms with Crippen LogP contribution in [0.25, 0.3) is 6.08 Å². The number of rotatable bonds is 4. The van der Waals surface area contributed by atoms with Gasteiger partial charge < -0.3 is 5.11 Å². The fourth-order valence-electron chi connectivity index (χ4n) is 2.20. The van der Waals surface area contributed by atoms with Crippen molar-refractivity contribution in [1.29, 1.82) is 0 Å². The summed E-state index contributed by atoms with van der Waals surface area (Å²) >= 11 is 6.28. The predicted octanol–water partition coefficient (Wildman–Crippen LogP) is 3.49. The highest BCUT2D eigenvalue weighted by atomic mass is 32.2. The van der Waals surface area contributed by atoms with Crippen LogP contribution in [-0.2, 0) is 4.79 Å².